The first-order valence-electron chi connectivity index (χ1n) is 12.0. The largest absolute Gasteiger partial charge is 0.495 e. The Morgan fingerprint density at radius 2 is 1.95 bits per heavy atom. The normalized spacial score (nSPS) is 20.5. The van der Waals surface area contributed by atoms with E-state index in [1.54, 1.807) is 0 Å². The zero-order valence-corrected chi connectivity index (χ0v) is 21.4. The Labute approximate surface area is 221 Å². The molecule has 0 bridgehead atoms. The Hall–Kier alpha value is -3.65. The highest BCUT2D eigenvalue weighted by Gasteiger charge is 2.44. The van der Waals surface area contributed by atoms with E-state index in [2.05, 4.69) is 14.4 Å². The van der Waals surface area contributed by atoms with Crippen molar-refractivity contribution in [3.05, 3.63) is 60.1 Å². The van der Waals surface area contributed by atoms with E-state index in [0.29, 0.717) is 6.42 Å². The van der Waals surface area contributed by atoms with Gasteiger partial charge >= 0.3 is 16.4 Å². The fraction of sp³-hybridized carbons (Fsp3) is 0.360. The van der Waals surface area contributed by atoms with E-state index in [0.717, 1.165) is 18.2 Å². The number of halogens is 4. The topological polar surface area (TPSA) is 105 Å². The summed E-state index contributed by atoms with van der Waals surface area (Å²) in [5.41, 5.74) is -0.880. The molecule has 2 atom stereocenters. The molecule has 0 aliphatic carbocycles. The summed E-state index contributed by atoms with van der Waals surface area (Å²) < 4.78 is 94.5. The summed E-state index contributed by atoms with van der Waals surface area (Å²) in [4.78, 5) is 14.5. The summed E-state index contributed by atoms with van der Waals surface area (Å²) in [6.07, 6.45) is -2.55. The number of nitrogens with one attached hydrogen (secondary N) is 1. The third-order valence-electron chi connectivity index (χ3n) is 7.03. The predicted octanol–water partition coefficient (Wildman–Crippen LogP) is 4.68. The maximum atomic E-state index is 15.4. The van der Waals surface area contributed by atoms with E-state index in [-0.39, 0.29) is 66.1 Å². The number of piperidine rings is 2. The van der Waals surface area contributed by atoms with Gasteiger partial charge in [-0.15, -0.1) is 0 Å². The van der Waals surface area contributed by atoms with Crippen molar-refractivity contribution in [2.24, 2.45) is 5.92 Å². The van der Waals surface area contributed by atoms with E-state index >= 15 is 4.39 Å². The molecule has 5 rings (SSSR count). The zero-order valence-electron chi connectivity index (χ0n) is 20.6. The number of amides is 1. The van der Waals surface area contributed by atoms with E-state index < -0.39 is 33.8 Å². The van der Waals surface area contributed by atoms with Crippen LogP contribution in [0.3, 0.4) is 0 Å². The van der Waals surface area contributed by atoms with Crippen LogP contribution in [0.1, 0.15) is 24.8 Å². The average Bonchev–Trinajstić information content (AvgIpc) is 3.40. The van der Waals surface area contributed by atoms with Crippen LogP contribution in [0.4, 0.5) is 29.1 Å². The molecule has 0 saturated carbocycles. The molecule has 1 unspecified atom stereocenters. The Morgan fingerprint density at radius 3 is 2.64 bits per heavy atom. The fourth-order valence-electron chi connectivity index (χ4n) is 5.20. The summed E-state index contributed by atoms with van der Waals surface area (Å²) in [5, 5.41) is 3.56. The predicted molar refractivity (Wildman–Crippen MR) is 133 cm³/mol. The van der Waals surface area contributed by atoms with Crippen molar-refractivity contribution in [3.8, 4) is 16.9 Å². The van der Waals surface area contributed by atoms with Crippen molar-refractivity contribution >= 4 is 27.6 Å². The van der Waals surface area contributed by atoms with Gasteiger partial charge in [-0.25, -0.2) is 4.39 Å². The number of methoxy groups -OCH3 is 1. The summed E-state index contributed by atoms with van der Waals surface area (Å²) in [6.45, 7) is 0.208. The van der Waals surface area contributed by atoms with Gasteiger partial charge in [0, 0.05) is 43.2 Å². The van der Waals surface area contributed by atoms with Crippen LogP contribution in [0.15, 0.2) is 53.3 Å². The van der Waals surface area contributed by atoms with Crippen molar-refractivity contribution < 1.29 is 40.0 Å². The van der Waals surface area contributed by atoms with Gasteiger partial charge in [0.05, 0.1) is 18.4 Å². The minimum Gasteiger partial charge on any atom is -0.495 e. The lowest BCUT2D eigenvalue weighted by atomic mass is 9.84. The van der Waals surface area contributed by atoms with Gasteiger partial charge in [-0.05, 0) is 42.5 Å². The van der Waals surface area contributed by atoms with E-state index in [1.165, 1.54) is 46.8 Å². The Morgan fingerprint density at radius 1 is 1.15 bits per heavy atom. The number of carbonyl (C=O) groups is 1. The van der Waals surface area contributed by atoms with Gasteiger partial charge in [0.1, 0.15) is 17.8 Å². The molecular formula is C25H24F4N4O5S. The Bertz CT molecular complexity index is 1480. The van der Waals surface area contributed by atoms with Gasteiger partial charge in [0.2, 0.25) is 5.91 Å². The SMILES string of the molecule is COc1cc(-c2cccc(C(F)(F)F)c2)c(F)cc1N1C(=O)CC[C@H]2CN(S(=O)(=O)Nc3ccon3)CCC21. The molecule has 0 radical (unpaired) electrons. The van der Waals surface area contributed by atoms with Gasteiger partial charge in [-0.2, -0.15) is 25.9 Å². The average molecular weight is 569 g/mol. The number of fused-ring (bicyclic) bond motifs is 1. The molecule has 3 heterocycles. The lowest BCUT2D eigenvalue weighted by Gasteiger charge is -2.46. The van der Waals surface area contributed by atoms with Crippen LogP contribution in [0.2, 0.25) is 0 Å². The first-order chi connectivity index (χ1) is 18.5. The molecule has 2 aromatic carbocycles. The van der Waals surface area contributed by atoms with Gasteiger partial charge in [-0.1, -0.05) is 17.3 Å². The first kappa shape index (κ1) is 26.9. The summed E-state index contributed by atoms with van der Waals surface area (Å²) in [6, 6.07) is 7.60. The van der Waals surface area contributed by atoms with Gasteiger partial charge in [0.15, 0.2) is 5.82 Å². The lowest BCUT2D eigenvalue weighted by molar-refractivity contribution is -0.137. The third-order valence-corrected chi connectivity index (χ3v) is 8.50. The number of hydrogen-bond acceptors (Lipinski definition) is 6. The highest BCUT2D eigenvalue weighted by Crippen LogP contribution is 2.42. The summed E-state index contributed by atoms with van der Waals surface area (Å²) in [5.74, 6) is -1.20. The number of nitrogens with zero attached hydrogens (tertiary/aromatic N) is 3. The number of hydrogen-bond donors (Lipinski definition) is 1. The van der Waals surface area contributed by atoms with E-state index in [9.17, 15) is 26.4 Å². The second-order valence-electron chi connectivity index (χ2n) is 9.35. The van der Waals surface area contributed by atoms with Crippen LogP contribution in [-0.4, -0.2) is 50.0 Å². The Balaban J connectivity index is 1.44. The lowest BCUT2D eigenvalue weighted by Crippen LogP contribution is -2.57. The second-order valence-corrected chi connectivity index (χ2v) is 11.0. The molecule has 9 nitrogen and oxygen atoms in total. The number of alkyl halides is 3. The van der Waals surface area contributed by atoms with Crippen LogP contribution in [-0.2, 0) is 21.2 Å². The summed E-state index contributed by atoms with van der Waals surface area (Å²) in [7, 11) is -2.61. The molecule has 2 aliphatic heterocycles. The van der Waals surface area contributed by atoms with Crippen LogP contribution in [0.5, 0.6) is 5.75 Å². The fourth-order valence-corrected chi connectivity index (χ4v) is 6.43. The quantitative estimate of drug-likeness (QED) is 0.433. The molecule has 0 spiro atoms. The molecule has 1 N–H and O–H groups in total. The number of anilines is 2. The third kappa shape index (κ3) is 5.30. The number of ether oxygens (including phenoxy) is 1. The standard InChI is InChI=1S/C25H24F4N4O5S/c1-37-22-12-18(15-3-2-4-17(11-15)25(27,28)29)19(26)13-21(22)33-20-7-9-32(14-16(20)5-6-24(33)34)39(35,36)31-23-8-10-38-30-23/h2-4,8,10-13,16,20H,5-7,9,14H2,1H3,(H,30,31)/t16-,20?/m0/s1. The van der Waals surface area contributed by atoms with Crippen molar-refractivity contribution in [2.45, 2.75) is 31.5 Å². The van der Waals surface area contributed by atoms with Crippen molar-refractivity contribution in [2.75, 3.05) is 29.8 Å². The smallest absolute Gasteiger partial charge is 0.416 e. The number of carbonyl (C=O) groups excluding carboxylic acids is 1. The minimum absolute atomic E-state index is 0.00755. The minimum atomic E-state index is -4.60. The molecule has 39 heavy (non-hydrogen) atoms. The molecule has 2 saturated heterocycles. The van der Waals surface area contributed by atoms with Crippen molar-refractivity contribution in [3.63, 3.8) is 0 Å². The molecule has 2 fully saturated rings. The molecule has 2 aliphatic rings. The summed E-state index contributed by atoms with van der Waals surface area (Å²) >= 11 is 0. The molecular weight excluding hydrogens is 544 g/mol. The highest BCUT2D eigenvalue weighted by molar-refractivity contribution is 7.90. The number of aromatic nitrogens is 1. The van der Waals surface area contributed by atoms with Crippen LogP contribution in [0, 0.1) is 11.7 Å². The van der Waals surface area contributed by atoms with Gasteiger partial charge in [0.25, 0.3) is 0 Å². The first-order valence-corrected chi connectivity index (χ1v) is 13.5. The van der Waals surface area contributed by atoms with Crippen LogP contribution < -0.4 is 14.4 Å². The van der Waals surface area contributed by atoms with E-state index in [4.69, 9.17) is 4.74 Å². The second kappa shape index (κ2) is 10.2. The van der Waals surface area contributed by atoms with Crippen LogP contribution in [0.25, 0.3) is 11.1 Å². The number of rotatable bonds is 6. The molecule has 208 valence electrons. The molecule has 14 heteroatoms. The Kier molecular flexibility index (Phi) is 7.01. The van der Waals surface area contributed by atoms with Crippen molar-refractivity contribution in [1.82, 2.24) is 9.46 Å². The molecule has 1 aromatic heterocycles. The van der Waals surface area contributed by atoms with Crippen molar-refractivity contribution in [1.29, 1.82) is 0 Å². The van der Waals surface area contributed by atoms with E-state index in [1.807, 2.05) is 0 Å². The van der Waals surface area contributed by atoms with Crippen LogP contribution >= 0.6 is 0 Å². The van der Waals surface area contributed by atoms with Gasteiger partial charge in [-0.3, -0.25) is 9.52 Å². The maximum absolute atomic E-state index is 15.4. The monoisotopic (exact) mass is 568 g/mol. The molecule has 3 aromatic rings. The van der Waals surface area contributed by atoms with Gasteiger partial charge < -0.3 is 14.2 Å². The zero-order chi connectivity index (χ0) is 27.9. The number of benzene rings is 2. The highest BCUT2D eigenvalue weighted by atomic mass is 32.2. The molecule has 1 amide bonds. The maximum Gasteiger partial charge on any atom is 0.416 e.